The molecule has 0 bridgehead atoms. The Labute approximate surface area is 114 Å². The Morgan fingerprint density at radius 2 is 2.00 bits per heavy atom. The number of halogens is 1. The van der Waals surface area contributed by atoms with Gasteiger partial charge < -0.3 is 5.32 Å². The molecule has 1 fully saturated rings. The molecule has 3 heteroatoms. The highest BCUT2D eigenvalue weighted by molar-refractivity contribution is 5.91. The minimum atomic E-state index is -0.587. The van der Waals surface area contributed by atoms with Gasteiger partial charge in [-0.3, -0.25) is 4.79 Å². The van der Waals surface area contributed by atoms with Gasteiger partial charge in [-0.2, -0.15) is 0 Å². The molecule has 0 spiro atoms. The molecule has 1 saturated carbocycles. The van der Waals surface area contributed by atoms with Gasteiger partial charge in [0.25, 0.3) is 0 Å². The van der Waals surface area contributed by atoms with Gasteiger partial charge in [-0.25, -0.2) is 4.39 Å². The van der Waals surface area contributed by atoms with Crippen LogP contribution in [-0.2, 0) is 10.2 Å². The summed E-state index contributed by atoms with van der Waals surface area (Å²) in [4.78, 5) is 12.2. The fourth-order valence-electron chi connectivity index (χ4n) is 2.52. The van der Waals surface area contributed by atoms with Crippen LogP contribution in [0.1, 0.15) is 51.0 Å². The van der Waals surface area contributed by atoms with Crippen molar-refractivity contribution in [3.63, 3.8) is 0 Å². The molecule has 0 heterocycles. The van der Waals surface area contributed by atoms with Crippen molar-refractivity contribution < 1.29 is 9.18 Å². The van der Waals surface area contributed by atoms with Crippen LogP contribution in [0.2, 0.25) is 0 Å². The molecule has 2 nitrogen and oxygen atoms in total. The summed E-state index contributed by atoms with van der Waals surface area (Å²) in [5.41, 5.74) is -0.0307. The van der Waals surface area contributed by atoms with E-state index < -0.39 is 5.41 Å². The van der Waals surface area contributed by atoms with Gasteiger partial charge in [-0.05, 0) is 25.3 Å². The molecule has 0 saturated heterocycles. The number of amides is 1. The van der Waals surface area contributed by atoms with Crippen LogP contribution in [0.15, 0.2) is 24.3 Å². The van der Waals surface area contributed by atoms with E-state index in [4.69, 9.17) is 0 Å². The van der Waals surface area contributed by atoms with E-state index >= 15 is 0 Å². The Balaban J connectivity index is 1.90. The molecule has 1 aliphatic rings. The zero-order chi connectivity index (χ0) is 13.7. The molecule has 1 aliphatic carbocycles. The minimum absolute atomic E-state index is 0.00546. The number of hydrogen-bond donors (Lipinski definition) is 1. The first kappa shape index (κ1) is 14.0. The standard InChI is InChI=1S/C16H22FNO/c1-2-3-4-7-12-18-15(19)16(10-11-16)13-8-5-6-9-14(13)17/h5-6,8-9H,2-4,7,10-12H2,1H3,(H,18,19). The summed E-state index contributed by atoms with van der Waals surface area (Å²) in [6.07, 6.45) is 6.06. The van der Waals surface area contributed by atoms with Gasteiger partial charge in [0.15, 0.2) is 0 Å². The van der Waals surface area contributed by atoms with Crippen molar-refractivity contribution in [3.05, 3.63) is 35.6 Å². The zero-order valence-electron chi connectivity index (χ0n) is 11.5. The summed E-state index contributed by atoms with van der Waals surface area (Å²) in [5, 5.41) is 2.96. The Morgan fingerprint density at radius 1 is 1.26 bits per heavy atom. The molecule has 1 aromatic rings. The highest BCUT2D eigenvalue weighted by Crippen LogP contribution is 2.49. The molecule has 1 amide bonds. The largest absolute Gasteiger partial charge is 0.355 e. The lowest BCUT2D eigenvalue weighted by atomic mass is 9.94. The molecule has 0 unspecified atom stereocenters. The van der Waals surface area contributed by atoms with E-state index in [1.807, 2.05) is 0 Å². The molecule has 2 rings (SSSR count). The van der Waals surface area contributed by atoms with E-state index in [1.165, 1.54) is 18.9 Å². The molecule has 1 N–H and O–H groups in total. The third kappa shape index (κ3) is 3.14. The van der Waals surface area contributed by atoms with Crippen molar-refractivity contribution >= 4 is 5.91 Å². The number of unbranched alkanes of at least 4 members (excludes halogenated alkanes) is 3. The first-order valence-corrected chi connectivity index (χ1v) is 7.24. The SMILES string of the molecule is CCCCCCNC(=O)C1(c2ccccc2F)CC1. The topological polar surface area (TPSA) is 29.1 Å². The van der Waals surface area contributed by atoms with Crippen LogP contribution in [0.3, 0.4) is 0 Å². The van der Waals surface area contributed by atoms with Crippen LogP contribution in [0, 0.1) is 5.82 Å². The summed E-state index contributed by atoms with van der Waals surface area (Å²) in [6, 6.07) is 6.63. The fourth-order valence-corrected chi connectivity index (χ4v) is 2.52. The molecule has 1 aromatic carbocycles. The summed E-state index contributed by atoms with van der Waals surface area (Å²) in [7, 11) is 0. The normalized spacial score (nSPS) is 16.1. The van der Waals surface area contributed by atoms with E-state index in [0.717, 1.165) is 25.7 Å². The van der Waals surface area contributed by atoms with Crippen molar-refractivity contribution in [3.8, 4) is 0 Å². The van der Waals surface area contributed by atoms with Crippen molar-refractivity contribution in [1.82, 2.24) is 5.32 Å². The third-order valence-electron chi connectivity index (χ3n) is 3.89. The van der Waals surface area contributed by atoms with E-state index in [2.05, 4.69) is 12.2 Å². The minimum Gasteiger partial charge on any atom is -0.355 e. The number of carbonyl (C=O) groups is 1. The first-order valence-electron chi connectivity index (χ1n) is 7.24. The number of hydrogen-bond acceptors (Lipinski definition) is 1. The second-order valence-corrected chi connectivity index (χ2v) is 5.38. The van der Waals surface area contributed by atoms with Crippen molar-refractivity contribution in [2.24, 2.45) is 0 Å². The predicted molar refractivity (Wildman–Crippen MR) is 74.5 cm³/mol. The lowest BCUT2D eigenvalue weighted by molar-refractivity contribution is -0.123. The molecule has 19 heavy (non-hydrogen) atoms. The average Bonchev–Trinajstić information content (AvgIpc) is 3.20. The number of nitrogens with one attached hydrogen (secondary N) is 1. The molecule has 0 aromatic heterocycles. The highest BCUT2D eigenvalue weighted by atomic mass is 19.1. The third-order valence-corrected chi connectivity index (χ3v) is 3.89. The Morgan fingerprint density at radius 3 is 2.63 bits per heavy atom. The van der Waals surface area contributed by atoms with Gasteiger partial charge in [0.1, 0.15) is 5.82 Å². The maximum atomic E-state index is 13.8. The average molecular weight is 263 g/mol. The summed E-state index contributed by atoms with van der Waals surface area (Å²) < 4.78 is 13.8. The fraction of sp³-hybridized carbons (Fsp3) is 0.562. The first-order chi connectivity index (χ1) is 9.20. The van der Waals surface area contributed by atoms with Crippen molar-refractivity contribution in [1.29, 1.82) is 0 Å². The van der Waals surface area contributed by atoms with Gasteiger partial charge >= 0.3 is 0 Å². The summed E-state index contributed by atoms with van der Waals surface area (Å²) in [5.74, 6) is -0.268. The van der Waals surface area contributed by atoms with Gasteiger partial charge in [-0.1, -0.05) is 44.4 Å². The Bertz CT molecular complexity index is 440. The molecular weight excluding hydrogens is 241 g/mol. The lowest BCUT2D eigenvalue weighted by Crippen LogP contribution is -2.35. The van der Waals surface area contributed by atoms with Crippen LogP contribution in [0.25, 0.3) is 0 Å². The zero-order valence-corrected chi connectivity index (χ0v) is 11.5. The Kier molecular flexibility index (Phi) is 4.56. The molecule has 0 atom stereocenters. The van der Waals surface area contributed by atoms with Crippen LogP contribution in [-0.4, -0.2) is 12.5 Å². The van der Waals surface area contributed by atoms with Crippen molar-refractivity contribution in [2.75, 3.05) is 6.54 Å². The second-order valence-electron chi connectivity index (χ2n) is 5.38. The molecule has 0 radical (unpaired) electrons. The van der Waals surface area contributed by atoms with E-state index in [-0.39, 0.29) is 11.7 Å². The predicted octanol–water partition coefficient (Wildman–Crippen LogP) is 3.55. The Hall–Kier alpha value is -1.38. The quantitative estimate of drug-likeness (QED) is 0.749. The molecule has 0 aliphatic heterocycles. The maximum absolute atomic E-state index is 13.8. The maximum Gasteiger partial charge on any atom is 0.230 e. The second kappa shape index (κ2) is 6.18. The van der Waals surface area contributed by atoms with Crippen molar-refractivity contribution in [2.45, 2.75) is 50.9 Å². The van der Waals surface area contributed by atoms with E-state index in [9.17, 15) is 9.18 Å². The monoisotopic (exact) mass is 263 g/mol. The summed E-state index contributed by atoms with van der Waals surface area (Å²) in [6.45, 7) is 2.87. The number of carbonyl (C=O) groups excluding carboxylic acids is 1. The highest BCUT2D eigenvalue weighted by Gasteiger charge is 2.52. The van der Waals surface area contributed by atoms with Crippen LogP contribution in [0.4, 0.5) is 4.39 Å². The van der Waals surface area contributed by atoms with Crippen LogP contribution < -0.4 is 5.32 Å². The number of benzene rings is 1. The lowest BCUT2D eigenvalue weighted by Gasteiger charge is -2.16. The van der Waals surface area contributed by atoms with E-state index in [1.54, 1.807) is 18.2 Å². The van der Waals surface area contributed by atoms with Gasteiger partial charge in [0.2, 0.25) is 5.91 Å². The van der Waals surface area contributed by atoms with Crippen LogP contribution >= 0.6 is 0 Å². The molecule has 104 valence electrons. The van der Waals surface area contributed by atoms with Gasteiger partial charge in [0, 0.05) is 12.1 Å². The summed E-state index contributed by atoms with van der Waals surface area (Å²) >= 11 is 0. The van der Waals surface area contributed by atoms with Gasteiger partial charge in [-0.15, -0.1) is 0 Å². The smallest absolute Gasteiger partial charge is 0.230 e. The molecular formula is C16H22FNO. The number of rotatable bonds is 7. The van der Waals surface area contributed by atoms with Gasteiger partial charge in [0.05, 0.1) is 5.41 Å². The van der Waals surface area contributed by atoms with Crippen LogP contribution in [0.5, 0.6) is 0 Å². The van der Waals surface area contributed by atoms with E-state index in [0.29, 0.717) is 12.1 Å².